The van der Waals surface area contributed by atoms with E-state index in [4.69, 9.17) is 9.47 Å². The van der Waals surface area contributed by atoms with Gasteiger partial charge in [0.2, 0.25) is 5.91 Å². The van der Waals surface area contributed by atoms with Gasteiger partial charge in [-0.15, -0.1) is 0 Å². The van der Waals surface area contributed by atoms with Gasteiger partial charge in [0.15, 0.2) is 4.80 Å². The van der Waals surface area contributed by atoms with Crippen molar-refractivity contribution >= 4 is 27.5 Å². The Bertz CT molecular complexity index is 703. The van der Waals surface area contributed by atoms with E-state index in [0.29, 0.717) is 26.2 Å². The van der Waals surface area contributed by atoms with Gasteiger partial charge in [0.05, 0.1) is 23.4 Å². The second-order valence-electron chi connectivity index (χ2n) is 4.85. The Labute approximate surface area is 134 Å². The van der Waals surface area contributed by atoms with E-state index in [1.54, 1.807) is 7.11 Å². The summed E-state index contributed by atoms with van der Waals surface area (Å²) in [6.45, 7) is 5.82. The second kappa shape index (κ2) is 8.10. The van der Waals surface area contributed by atoms with Gasteiger partial charge < -0.3 is 14.0 Å². The highest BCUT2D eigenvalue weighted by atomic mass is 32.1. The lowest BCUT2D eigenvalue weighted by Crippen LogP contribution is -2.19. The minimum absolute atomic E-state index is 0.0785. The number of hydrogen-bond acceptors (Lipinski definition) is 4. The second-order valence-corrected chi connectivity index (χ2v) is 5.86. The fourth-order valence-corrected chi connectivity index (χ4v) is 3.27. The Balaban J connectivity index is 2.50. The van der Waals surface area contributed by atoms with Crippen LogP contribution in [0.1, 0.15) is 26.7 Å². The number of nitrogens with zero attached hydrogens (tertiary/aromatic N) is 2. The molecule has 0 aliphatic carbocycles. The van der Waals surface area contributed by atoms with Crippen LogP contribution < -0.4 is 9.54 Å². The van der Waals surface area contributed by atoms with Crippen molar-refractivity contribution in [3.8, 4) is 5.75 Å². The quantitative estimate of drug-likeness (QED) is 0.787. The van der Waals surface area contributed by atoms with E-state index in [2.05, 4.69) is 4.99 Å². The van der Waals surface area contributed by atoms with Crippen LogP contribution in [0.4, 0.5) is 0 Å². The van der Waals surface area contributed by atoms with Crippen LogP contribution in [-0.4, -0.2) is 30.8 Å². The first-order valence-electron chi connectivity index (χ1n) is 7.52. The number of hydrogen-bond donors (Lipinski definition) is 0. The molecule has 5 nitrogen and oxygen atoms in total. The molecule has 0 spiro atoms. The first kappa shape index (κ1) is 16.7. The van der Waals surface area contributed by atoms with Gasteiger partial charge in [-0.3, -0.25) is 4.79 Å². The largest absolute Gasteiger partial charge is 0.494 e. The van der Waals surface area contributed by atoms with Crippen LogP contribution in [0.25, 0.3) is 10.2 Å². The van der Waals surface area contributed by atoms with Crippen molar-refractivity contribution in [2.75, 3.05) is 20.3 Å². The third kappa shape index (κ3) is 3.96. The molecule has 2 rings (SSSR count). The minimum atomic E-state index is -0.0785. The van der Waals surface area contributed by atoms with Crippen LogP contribution in [0.2, 0.25) is 0 Å². The predicted molar refractivity (Wildman–Crippen MR) is 88.3 cm³/mol. The lowest BCUT2D eigenvalue weighted by atomic mass is 10.3. The number of benzene rings is 1. The van der Waals surface area contributed by atoms with E-state index >= 15 is 0 Å². The summed E-state index contributed by atoms with van der Waals surface area (Å²) in [5.74, 6) is 0.756. The van der Waals surface area contributed by atoms with Gasteiger partial charge in [0.1, 0.15) is 5.75 Å². The molecule has 0 saturated carbocycles. The van der Waals surface area contributed by atoms with Crippen molar-refractivity contribution in [1.82, 2.24) is 4.57 Å². The van der Waals surface area contributed by atoms with Crippen molar-refractivity contribution in [1.29, 1.82) is 0 Å². The molecule has 0 saturated heterocycles. The van der Waals surface area contributed by atoms with Crippen LogP contribution in [0.5, 0.6) is 5.75 Å². The van der Waals surface area contributed by atoms with Crippen molar-refractivity contribution in [3.63, 3.8) is 0 Å². The molecule has 0 fully saturated rings. The Kier molecular flexibility index (Phi) is 6.15. The number of fused-ring (bicyclic) bond motifs is 1. The molecular weight excluding hydrogens is 300 g/mol. The van der Waals surface area contributed by atoms with Gasteiger partial charge >= 0.3 is 0 Å². The highest BCUT2D eigenvalue weighted by Gasteiger charge is 2.09. The molecule has 22 heavy (non-hydrogen) atoms. The fourth-order valence-electron chi connectivity index (χ4n) is 2.17. The molecule has 120 valence electrons. The summed E-state index contributed by atoms with van der Waals surface area (Å²) in [6.07, 6.45) is 1.28. The van der Waals surface area contributed by atoms with Gasteiger partial charge in [0.25, 0.3) is 0 Å². The van der Waals surface area contributed by atoms with Crippen molar-refractivity contribution in [2.45, 2.75) is 33.2 Å². The summed E-state index contributed by atoms with van der Waals surface area (Å²) < 4.78 is 13.8. The first-order chi connectivity index (χ1) is 10.7. The topological polar surface area (TPSA) is 52.8 Å². The van der Waals surface area contributed by atoms with E-state index in [1.165, 1.54) is 11.3 Å². The third-order valence-electron chi connectivity index (χ3n) is 3.17. The summed E-state index contributed by atoms with van der Waals surface area (Å²) >= 11 is 1.51. The van der Waals surface area contributed by atoms with Crippen LogP contribution in [-0.2, 0) is 16.1 Å². The van der Waals surface area contributed by atoms with Gasteiger partial charge in [-0.05, 0) is 31.5 Å². The summed E-state index contributed by atoms with van der Waals surface area (Å²) in [5, 5.41) is 0. The lowest BCUT2D eigenvalue weighted by molar-refractivity contribution is -0.118. The molecule has 1 aromatic heterocycles. The molecule has 0 aliphatic rings. The highest BCUT2D eigenvalue weighted by Crippen LogP contribution is 2.23. The summed E-state index contributed by atoms with van der Waals surface area (Å²) in [6, 6.07) is 5.95. The maximum absolute atomic E-state index is 11.9. The standard InChI is InChI=1S/C16H22N2O3S/c1-4-6-15(19)17-16-18(9-10-20-3)13-8-7-12(21-5-2)11-14(13)22-16/h7-8,11H,4-6,9-10H2,1-3H3. The van der Waals surface area contributed by atoms with Crippen molar-refractivity contribution < 1.29 is 14.3 Å². The average molecular weight is 322 g/mol. The van der Waals surface area contributed by atoms with Crippen LogP contribution >= 0.6 is 11.3 Å². The zero-order valence-electron chi connectivity index (χ0n) is 13.3. The van der Waals surface area contributed by atoms with E-state index in [9.17, 15) is 4.79 Å². The normalized spacial score (nSPS) is 12.0. The zero-order valence-corrected chi connectivity index (χ0v) is 14.1. The fraction of sp³-hybridized carbons (Fsp3) is 0.500. The average Bonchev–Trinajstić information content (AvgIpc) is 2.82. The number of ether oxygens (including phenoxy) is 2. The Morgan fingerprint density at radius 1 is 1.36 bits per heavy atom. The maximum Gasteiger partial charge on any atom is 0.248 e. The molecule has 0 bridgehead atoms. The van der Waals surface area contributed by atoms with Gasteiger partial charge in [-0.1, -0.05) is 18.3 Å². The van der Waals surface area contributed by atoms with Crippen LogP contribution in [0.15, 0.2) is 23.2 Å². The molecule has 0 aliphatic heterocycles. The van der Waals surface area contributed by atoms with Crippen molar-refractivity contribution in [3.05, 3.63) is 23.0 Å². The Morgan fingerprint density at radius 2 is 2.18 bits per heavy atom. The first-order valence-corrected chi connectivity index (χ1v) is 8.34. The number of carbonyl (C=O) groups is 1. The van der Waals surface area contributed by atoms with Crippen LogP contribution in [0.3, 0.4) is 0 Å². The monoisotopic (exact) mass is 322 g/mol. The van der Waals surface area contributed by atoms with E-state index in [-0.39, 0.29) is 5.91 Å². The molecule has 1 heterocycles. The van der Waals surface area contributed by atoms with Gasteiger partial charge in [-0.2, -0.15) is 4.99 Å². The molecule has 0 atom stereocenters. The smallest absolute Gasteiger partial charge is 0.248 e. The summed E-state index contributed by atoms with van der Waals surface area (Å²) in [4.78, 5) is 16.8. The number of carbonyl (C=O) groups excluding carboxylic acids is 1. The lowest BCUT2D eigenvalue weighted by Gasteiger charge is -2.05. The molecule has 2 aromatic rings. The molecule has 1 aromatic carbocycles. The van der Waals surface area contributed by atoms with E-state index in [0.717, 1.165) is 27.2 Å². The maximum atomic E-state index is 11.9. The number of thiazole rings is 1. The minimum Gasteiger partial charge on any atom is -0.494 e. The summed E-state index contributed by atoms with van der Waals surface area (Å²) in [7, 11) is 1.67. The number of rotatable bonds is 7. The number of aromatic nitrogens is 1. The van der Waals surface area contributed by atoms with E-state index < -0.39 is 0 Å². The molecule has 0 N–H and O–H groups in total. The zero-order chi connectivity index (χ0) is 15.9. The highest BCUT2D eigenvalue weighted by molar-refractivity contribution is 7.16. The third-order valence-corrected chi connectivity index (χ3v) is 4.21. The number of methoxy groups -OCH3 is 1. The van der Waals surface area contributed by atoms with Gasteiger partial charge in [0, 0.05) is 20.1 Å². The van der Waals surface area contributed by atoms with Crippen LogP contribution in [0, 0.1) is 0 Å². The Hall–Kier alpha value is -1.66. The summed E-state index contributed by atoms with van der Waals surface area (Å²) in [5.41, 5.74) is 1.05. The van der Waals surface area contributed by atoms with Gasteiger partial charge in [-0.25, -0.2) is 0 Å². The number of amides is 1. The molecule has 0 radical (unpaired) electrons. The molecular formula is C16H22N2O3S. The SMILES string of the molecule is CCCC(=O)N=c1sc2cc(OCC)ccc2n1CCOC. The molecule has 6 heteroatoms. The predicted octanol–water partition coefficient (Wildman–Crippen LogP) is 2.98. The van der Waals surface area contributed by atoms with Crippen molar-refractivity contribution in [2.24, 2.45) is 4.99 Å². The molecule has 0 unspecified atom stereocenters. The van der Waals surface area contributed by atoms with E-state index in [1.807, 2.05) is 36.6 Å². The molecule has 1 amide bonds. The Morgan fingerprint density at radius 3 is 2.86 bits per heavy atom.